The highest BCUT2D eigenvalue weighted by molar-refractivity contribution is 7.96. The Labute approximate surface area is 393 Å². The normalized spacial score (nSPS) is 12.7. The Kier molecular flexibility index (Phi) is 66.4. The van der Waals surface area contributed by atoms with E-state index in [1.165, 1.54) is 225 Å². The van der Waals surface area contributed by atoms with Gasteiger partial charge in [0.1, 0.15) is 12.6 Å². The molecular weight excluding hydrogens is 789 g/mol. The van der Waals surface area contributed by atoms with Crippen molar-refractivity contribution in [3.05, 3.63) is 0 Å². The largest absolute Gasteiger partial charge is 0.381 e. The van der Waals surface area contributed by atoms with E-state index in [1.54, 1.807) is 11.9 Å². The van der Waals surface area contributed by atoms with Crippen LogP contribution >= 0.6 is 11.9 Å². The Morgan fingerprint density at radius 3 is 1.19 bits per heavy atom. The lowest BCUT2D eigenvalue weighted by atomic mass is 10.0. The van der Waals surface area contributed by atoms with E-state index in [4.69, 9.17) is 14.2 Å². The molecule has 1 heterocycles. The van der Waals surface area contributed by atoms with Gasteiger partial charge in [-0.15, -0.1) is 0 Å². The zero-order valence-corrected chi connectivity index (χ0v) is 43.9. The first kappa shape index (κ1) is 65.8. The molecule has 1 rings (SSSR count). The van der Waals surface area contributed by atoms with Crippen molar-refractivity contribution in [1.29, 1.82) is 0 Å². The fourth-order valence-electron chi connectivity index (χ4n) is 7.84. The molecule has 62 heavy (non-hydrogen) atoms. The first-order chi connectivity index (χ1) is 30.5. The highest BCUT2D eigenvalue weighted by Crippen LogP contribution is 2.16. The molecule has 1 N–H and O–H groups in total. The number of hydrogen-bond donors (Lipinski definition) is 1. The van der Waals surface area contributed by atoms with Crippen LogP contribution in [0.3, 0.4) is 0 Å². The van der Waals surface area contributed by atoms with Crippen LogP contribution in [0.4, 0.5) is 0 Å². The van der Waals surface area contributed by atoms with E-state index >= 15 is 0 Å². The molecule has 374 valence electrons. The van der Waals surface area contributed by atoms with Crippen LogP contribution in [-0.4, -0.2) is 89.5 Å². The van der Waals surface area contributed by atoms with Gasteiger partial charge in [0.2, 0.25) is 0 Å². The zero-order valence-electron chi connectivity index (χ0n) is 43.1. The lowest BCUT2D eigenvalue weighted by molar-refractivity contribution is -0.108. The van der Waals surface area contributed by atoms with E-state index in [0.29, 0.717) is 12.2 Å². The third-order valence-electron chi connectivity index (χ3n) is 12.1. The van der Waals surface area contributed by atoms with E-state index in [0.717, 1.165) is 64.4 Å². The predicted octanol–water partition coefficient (Wildman–Crippen LogP) is 16.1. The lowest BCUT2D eigenvalue weighted by Gasteiger charge is -2.22. The summed E-state index contributed by atoms with van der Waals surface area (Å²) in [5.41, 5.74) is 0. The molecule has 1 saturated heterocycles. The maximum absolute atomic E-state index is 10.3. The smallest absolute Gasteiger partial charge is 0.119 e. The molecule has 7 nitrogen and oxygen atoms in total. The van der Waals surface area contributed by atoms with Gasteiger partial charge in [-0.05, 0) is 96.5 Å². The minimum Gasteiger partial charge on any atom is -0.381 e. The van der Waals surface area contributed by atoms with Crippen molar-refractivity contribution in [2.45, 2.75) is 277 Å². The molecule has 0 spiro atoms. The first-order valence-corrected chi connectivity index (χ1v) is 28.3. The molecule has 0 aliphatic carbocycles. The Hall–Kier alpha value is -0.510. The third kappa shape index (κ3) is 59.5. The highest BCUT2D eigenvalue weighted by atomic mass is 32.2. The monoisotopic (exact) mass is 901 g/mol. The van der Waals surface area contributed by atoms with Crippen LogP contribution in [-0.2, 0) is 23.8 Å². The van der Waals surface area contributed by atoms with Gasteiger partial charge in [0.15, 0.2) is 0 Å². The summed E-state index contributed by atoms with van der Waals surface area (Å²) in [4.78, 5) is 23.2. The molecule has 0 bridgehead atoms. The Morgan fingerprint density at radius 1 is 0.500 bits per heavy atom. The standard InChI is InChI=1S/C20H40N2O2S.C18H38O.C12H26O.C4H8O/c1-25-21-15-14-18-22(16-10-6-2-4-8-12-19-23)17-11-7-3-5-9-13-20-24;1-4-6-8-10-12-14-16-18(19-3)17-15-13-11-9-7-5-2;1-4-6-7-8-9-10-11-12(5-2)13-3;1-2-4-5-3-1/h19-21H,2-18H2,1H3;18H,4-17H2,1-3H3;12H,4-11H2,1-3H3;1-4H2. The summed E-state index contributed by atoms with van der Waals surface area (Å²) in [6.45, 7) is 15.7. The molecular formula is C54H112N2O5S. The number of aldehydes is 2. The summed E-state index contributed by atoms with van der Waals surface area (Å²) in [5.74, 6) is 0. The van der Waals surface area contributed by atoms with Gasteiger partial charge in [-0.25, -0.2) is 0 Å². The van der Waals surface area contributed by atoms with Gasteiger partial charge in [0, 0.05) is 46.8 Å². The number of nitrogens with zero attached hydrogens (tertiary/aromatic N) is 1. The molecule has 1 atom stereocenters. The van der Waals surface area contributed by atoms with Crippen molar-refractivity contribution in [3.63, 3.8) is 0 Å². The van der Waals surface area contributed by atoms with Gasteiger partial charge in [-0.2, -0.15) is 0 Å². The number of ether oxygens (including phenoxy) is 3. The second kappa shape index (κ2) is 62.6. The van der Waals surface area contributed by atoms with Gasteiger partial charge < -0.3 is 28.7 Å². The lowest BCUT2D eigenvalue weighted by Crippen LogP contribution is -2.28. The number of rotatable bonds is 45. The van der Waals surface area contributed by atoms with Crippen molar-refractivity contribution in [1.82, 2.24) is 9.62 Å². The second-order valence-corrected chi connectivity index (χ2v) is 18.5. The van der Waals surface area contributed by atoms with Crippen LogP contribution in [0.15, 0.2) is 0 Å². The Bertz CT molecular complexity index is 740. The number of carbonyl (C=O) groups is 2. The van der Waals surface area contributed by atoms with Crippen LogP contribution in [0.5, 0.6) is 0 Å². The molecule has 1 fully saturated rings. The Balaban J connectivity index is -0.000000826. The molecule has 1 aliphatic rings. The molecule has 1 aliphatic heterocycles. The molecule has 0 aromatic rings. The Morgan fingerprint density at radius 2 is 0.855 bits per heavy atom. The molecule has 0 saturated carbocycles. The number of unbranched alkanes of at least 4 members (excludes halogenated alkanes) is 25. The second-order valence-electron chi connectivity index (χ2n) is 17.9. The minimum absolute atomic E-state index is 0.506. The van der Waals surface area contributed by atoms with Crippen LogP contribution in [0.1, 0.15) is 265 Å². The average Bonchev–Trinajstić information content (AvgIpc) is 3.90. The van der Waals surface area contributed by atoms with Crippen molar-refractivity contribution in [2.24, 2.45) is 0 Å². The molecule has 0 aromatic carbocycles. The van der Waals surface area contributed by atoms with Gasteiger partial charge in [-0.3, -0.25) is 4.72 Å². The zero-order chi connectivity index (χ0) is 46.1. The third-order valence-corrected chi connectivity index (χ3v) is 12.6. The van der Waals surface area contributed by atoms with Crippen LogP contribution in [0.25, 0.3) is 0 Å². The molecule has 0 aromatic heterocycles. The predicted molar refractivity (Wildman–Crippen MR) is 276 cm³/mol. The van der Waals surface area contributed by atoms with Crippen molar-refractivity contribution < 1.29 is 23.8 Å². The maximum Gasteiger partial charge on any atom is 0.119 e. The molecule has 1 unspecified atom stereocenters. The van der Waals surface area contributed by atoms with Gasteiger partial charge in [0.25, 0.3) is 0 Å². The minimum atomic E-state index is 0.506. The van der Waals surface area contributed by atoms with Gasteiger partial charge in [-0.1, -0.05) is 194 Å². The average molecular weight is 902 g/mol. The van der Waals surface area contributed by atoms with Gasteiger partial charge >= 0.3 is 0 Å². The summed E-state index contributed by atoms with van der Waals surface area (Å²) in [5, 5.41) is 0. The van der Waals surface area contributed by atoms with E-state index in [9.17, 15) is 9.59 Å². The summed E-state index contributed by atoms with van der Waals surface area (Å²) in [6.07, 6.45) is 52.5. The summed E-state index contributed by atoms with van der Waals surface area (Å²) < 4.78 is 19.2. The van der Waals surface area contributed by atoms with Crippen LogP contribution in [0.2, 0.25) is 0 Å². The fourth-order valence-corrected chi connectivity index (χ4v) is 8.18. The van der Waals surface area contributed by atoms with Crippen LogP contribution < -0.4 is 4.72 Å². The maximum atomic E-state index is 10.3. The van der Waals surface area contributed by atoms with E-state index in [1.807, 2.05) is 14.2 Å². The summed E-state index contributed by atoms with van der Waals surface area (Å²) >= 11 is 1.70. The topological polar surface area (TPSA) is 77.1 Å². The number of hydrogen-bond acceptors (Lipinski definition) is 8. The highest BCUT2D eigenvalue weighted by Gasteiger charge is 2.07. The molecule has 0 amide bonds. The van der Waals surface area contributed by atoms with E-state index in [2.05, 4.69) is 43.6 Å². The van der Waals surface area contributed by atoms with E-state index in [-0.39, 0.29) is 0 Å². The van der Waals surface area contributed by atoms with Crippen molar-refractivity contribution in [3.8, 4) is 0 Å². The summed E-state index contributed by atoms with van der Waals surface area (Å²) in [6, 6.07) is 0. The van der Waals surface area contributed by atoms with Crippen molar-refractivity contribution in [2.75, 3.05) is 59.9 Å². The summed E-state index contributed by atoms with van der Waals surface area (Å²) in [7, 11) is 3.71. The van der Waals surface area contributed by atoms with Gasteiger partial charge in [0.05, 0.1) is 12.2 Å². The number of carbonyl (C=O) groups excluding carboxylic acids is 2. The SMILES string of the molecule is C1CCOC1.CCCCCCCCC(CC)OC.CCCCCCCCC(CCCCCCCC)OC.CSNCCCN(CCCCCCCC=O)CCCCCCCC=O. The van der Waals surface area contributed by atoms with E-state index < -0.39 is 0 Å². The first-order valence-electron chi connectivity index (χ1n) is 27.0. The number of nitrogens with one attached hydrogen (secondary N) is 1. The van der Waals surface area contributed by atoms with Crippen molar-refractivity contribution >= 4 is 24.5 Å². The molecule has 8 heteroatoms. The number of methoxy groups -OCH3 is 2. The van der Waals surface area contributed by atoms with Crippen LogP contribution in [0, 0.1) is 0 Å². The molecule has 0 radical (unpaired) electrons. The quantitative estimate of drug-likeness (QED) is 0.0368. The fraction of sp³-hybridized carbons (Fsp3) is 0.963.